The number of amides is 2. The average Bonchev–Trinajstić information content (AvgIpc) is 1.74. The third kappa shape index (κ3) is 18.2. The Morgan fingerprint density at radius 3 is 1.33 bits per heavy atom. The fraction of sp³-hybridized carbons (Fsp3) is 0.395. The third-order valence-corrected chi connectivity index (χ3v) is 31.5. The van der Waals surface area contributed by atoms with Crippen LogP contribution in [0, 0.1) is 22.7 Å². The lowest BCUT2D eigenvalue weighted by atomic mass is 9.80. The molecule has 10 atom stereocenters. The monoisotopic (exact) mass is 1560 g/mol. The lowest BCUT2D eigenvalue weighted by molar-refractivity contribution is -0.0953. The quantitative estimate of drug-likeness (QED) is 0.0124. The molecule has 29 nitrogen and oxygen atoms in total. The average molecular weight is 1560 g/mol. The van der Waals surface area contributed by atoms with Gasteiger partial charge in [-0.3, -0.25) is 45.9 Å². The molecule has 4 aromatic heterocycles. The Labute approximate surface area is 635 Å². The van der Waals surface area contributed by atoms with E-state index in [0.29, 0.717) is 39.3 Å². The van der Waals surface area contributed by atoms with E-state index in [0.717, 1.165) is 0 Å². The van der Waals surface area contributed by atoms with Crippen LogP contribution in [-0.2, 0) is 64.9 Å². The van der Waals surface area contributed by atoms with E-state index in [-0.39, 0.29) is 60.0 Å². The predicted octanol–water partition coefficient (Wildman–Crippen LogP) is 14.8. The first-order valence-electron chi connectivity index (χ1n) is 35.3. The summed E-state index contributed by atoms with van der Waals surface area (Å²) in [6, 6.07) is 45.6. The molecule has 2 amide bonds. The number of aromatic nitrogens is 8. The highest BCUT2D eigenvalue weighted by Crippen LogP contribution is 2.59. The van der Waals surface area contributed by atoms with Gasteiger partial charge in [-0.2, -0.15) is 10.5 Å². The first-order chi connectivity index (χ1) is 52.1. The number of hydrogen-bond donors (Lipinski definition) is 2. The number of fused-ring (bicyclic) bond motifs is 2. The van der Waals surface area contributed by atoms with Crippen molar-refractivity contribution < 1.29 is 78.4 Å². The molecule has 33 heteroatoms. The summed E-state index contributed by atoms with van der Waals surface area (Å²) >= 11 is 0. The Bertz CT molecular complexity index is 4760. The molecule has 2 saturated heterocycles. The van der Waals surface area contributed by atoms with Crippen molar-refractivity contribution in [2.24, 2.45) is 0 Å². The van der Waals surface area contributed by atoms with E-state index in [1.807, 2.05) is 153 Å². The number of rotatable bonds is 34. The van der Waals surface area contributed by atoms with Crippen molar-refractivity contribution in [1.29, 1.82) is 10.5 Å². The van der Waals surface area contributed by atoms with Crippen LogP contribution in [-0.4, -0.2) is 151 Å². The molecule has 5 aromatic carbocycles. The number of ether oxygens (including phenoxy) is 5. The third-order valence-electron chi connectivity index (χ3n) is 19.7. The van der Waals surface area contributed by atoms with Gasteiger partial charge in [0.15, 0.2) is 63.1 Å². The Balaban J connectivity index is 1.07. The van der Waals surface area contributed by atoms with E-state index in [1.165, 1.54) is 36.0 Å². The van der Waals surface area contributed by atoms with Gasteiger partial charge in [-0.1, -0.05) is 139 Å². The Hall–Kier alpha value is -9.09. The van der Waals surface area contributed by atoms with E-state index in [4.69, 9.17) is 74.6 Å². The molecule has 0 saturated carbocycles. The molecule has 11 rings (SSSR count). The van der Waals surface area contributed by atoms with Crippen LogP contribution in [0.15, 0.2) is 177 Å². The maximum Gasteiger partial charge on any atom is 0.475 e. The summed E-state index contributed by atoms with van der Waals surface area (Å²) in [5.41, 5.74) is 1.89. The van der Waals surface area contributed by atoms with Gasteiger partial charge in [0.25, 0.3) is 11.8 Å². The number of nitriles is 2. The molecule has 2 N–H and O–H groups in total. The number of nitrogens with zero attached hydrogens (tertiary/aromatic N) is 10. The fourth-order valence-corrected chi connectivity index (χ4v) is 17.3. The SMILES string of the molecule is C=CCOP(=O)(OCCC#N)OC1C(COP(=O)(OCCC#N)OC2C(COC(c3ccccc3)(c3ccc(OC)cc3)c3ccc(OC)cc3)OC(n3cnc4c(NC(=O)c5ccccc5)ncnc43)C2O[Si](C)(C)C(C)(C)C)OC(n2cnc3c(NC(=O)c4ccccc4)ncnc32)C1O[Si](C)(C)C(C)(C)C. The summed E-state index contributed by atoms with van der Waals surface area (Å²) in [4.78, 5) is 55.3. The number of benzene rings is 5. The van der Waals surface area contributed by atoms with Crippen LogP contribution in [0.2, 0.25) is 36.3 Å². The summed E-state index contributed by atoms with van der Waals surface area (Å²) in [6.45, 7) is 21.5. The summed E-state index contributed by atoms with van der Waals surface area (Å²) in [5, 5.41) is 24.6. The number of methoxy groups -OCH3 is 2. The molecule has 109 heavy (non-hydrogen) atoms. The number of anilines is 2. The lowest BCUT2D eigenvalue weighted by Gasteiger charge is -2.41. The van der Waals surface area contributed by atoms with Gasteiger partial charge in [-0.15, -0.1) is 6.58 Å². The topological polar surface area (TPSA) is 347 Å². The van der Waals surface area contributed by atoms with Crippen LogP contribution in [0.3, 0.4) is 0 Å². The second-order valence-corrected chi connectivity index (χ2v) is 41.5. The molecular weight excluding hydrogens is 1470 g/mol. The van der Waals surface area contributed by atoms with E-state index in [1.54, 1.807) is 79.5 Å². The van der Waals surface area contributed by atoms with Gasteiger partial charge in [0, 0.05) is 11.1 Å². The zero-order valence-corrected chi connectivity index (χ0v) is 66.5. The van der Waals surface area contributed by atoms with Crippen LogP contribution < -0.4 is 20.1 Å². The van der Waals surface area contributed by atoms with E-state index in [9.17, 15) is 20.1 Å². The van der Waals surface area contributed by atoms with Crippen molar-refractivity contribution in [3.63, 3.8) is 0 Å². The Kier molecular flexibility index (Phi) is 25.6. The molecule has 2 aliphatic heterocycles. The van der Waals surface area contributed by atoms with Gasteiger partial charge in [0.2, 0.25) is 0 Å². The number of phosphoric acid groups is 2. The zero-order chi connectivity index (χ0) is 77.9. The van der Waals surface area contributed by atoms with E-state index < -0.39 is 129 Å². The molecule has 10 unspecified atom stereocenters. The van der Waals surface area contributed by atoms with Crippen LogP contribution in [0.25, 0.3) is 22.3 Å². The minimum atomic E-state index is -5.27. The van der Waals surface area contributed by atoms with Gasteiger partial charge < -0.3 is 43.2 Å². The molecule has 0 spiro atoms. The summed E-state index contributed by atoms with van der Waals surface area (Å²) in [7, 11) is -13.1. The van der Waals surface area contributed by atoms with Crippen LogP contribution in [0.4, 0.5) is 11.6 Å². The van der Waals surface area contributed by atoms with Crippen LogP contribution in [0.5, 0.6) is 11.5 Å². The van der Waals surface area contributed by atoms with Gasteiger partial charge in [-0.25, -0.2) is 39.0 Å². The Morgan fingerprint density at radius 2 is 0.936 bits per heavy atom. The highest BCUT2D eigenvalue weighted by Gasteiger charge is 2.58. The normalized spacial score (nSPS) is 20.2. The minimum absolute atomic E-state index is 0.0578. The molecular formula is C76H90N12O17P2Si2. The summed E-state index contributed by atoms with van der Waals surface area (Å²) in [6.07, 6.45) is -5.02. The van der Waals surface area contributed by atoms with Crippen molar-refractivity contribution in [3.8, 4) is 23.6 Å². The van der Waals surface area contributed by atoms with Gasteiger partial charge in [0.05, 0.1) is 84.9 Å². The van der Waals surface area contributed by atoms with Crippen molar-refractivity contribution in [2.45, 2.75) is 145 Å². The first-order valence-corrected chi connectivity index (χ1v) is 44.1. The maximum atomic E-state index is 16.8. The van der Waals surface area contributed by atoms with Gasteiger partial charge in [-0.05, 0) is 101 Å². The summed E-state index contributed by atoms with van der Waals surface area (Å²) < 4.78 is 122. The smallest absolute Gasteiger partial charge is 0.475 e. The Morgan fingerprint density at radius 1 is 0.541 bits per heavy atom. The number of phosphoric ester groups is 2. The second-order valence-electron chi connectivity index (χ2n) is 28.8. The molecule has 2 aliphatic rings. The zero-order valence-electron chi connectivity index (χ0n) is 62.7. The van der Waals surface area contributed by atoms with Crippen LogP contribution >= 0.6 is 15.6 Å². The predicted molar refractivity (Wildman–Crippen MR) is 409 cm³/mol. The number of hydrogen-bond acceptors (Lipinski definition) is 25. The fourth-order valence-electron chi connectivity index (χ4n) is 12.0. The van der Waals surface area contributed by atoms with Crippen molar-refractivity contribution in [1.82, 2.24) is 39.0 Å². The molecule has 0 radical (unpaired) electrons. The van der Waals surface area contributed by atoms with Gasteiger partial charge >= 0.3 is 15.6 Å². The molecule has 6 heterocycles. The van der Waals surface area contributed by atoms with E-state index >= 15 is 9.13 Å². The molecule has 0 bridgehead atoms. The maximum absolute atomic E-state index is 16.8. The minimum Gasteiger partial charge on any atom is -0.497 e. The van der Waals surface area contributed by atoms with Crippen molar-refractivity contribution in [2.75, 3.05) is 57.9 Å². The molecule has 9 aromatic rings. The highest BCUT2D eigenvalue weighted by atomic mass is 31.2. The number of imidazole rings is 2. The largest absolute Gasteiger partial charge is 0.497 e. The standard InChI is InChI=1S/C76H90N12O17P2Si2/c1-14-42-96-106(91,97-43-24-40-77)102-63-59(101-73(65(63)105-109(12,13)75(5,6)7)88-50-84-61-67(80-48-82-69(61)88)86-71(90)52-28-20-16-21-29-52)46-99-107(92,98-44-25-41-78)103-62-58(45-95-76(53-30-22-17-23-31-53,54-32-36-56(93-8)37-33-54)55-34-38-57(94-9)39-35-55)100-72(64(62)104-108(10,11)74(2,3)4)87-49-83-60-66(79-47-81-68(60)87)85-70(89)51-26-18-15-19-27-51/h14-23,26-39,47-50,58-59,62-65,72-73H,1,24-25,42-46H2,2-13H3,(H,79,81,85,89)(H,80,82,86,90). The number of carbonyl (C=O) groups excluding carboxylic acids is 2. The molecule has 2 fully saturated rings. The molecule has 0 aliphatic carbocycles. The van der Waals surface area contributed by atoms with Crippen molar-refractivity contribution in [3.05, 3.63) is 205 Å². The second kappa shape index (κ2) is 34.4. The highest BCUT2D eigenvalue weighted by molar-refractivity contribution is 7.48. The lowest BCUT2D eigenvalue weighted by Crippen LogP contribution is -2.50. The van der Waals surface area contributed by atoms with E-state index in [2.05, 4.69) is 38.2 Å². The number of nitrogens with one attached hydrogen (secondary N) is 2. The van der Waals surface area contributed by atoms with Gasteiger partial charge in [0.1, 0.15) is 66.4 Å². The summed E-state index contributed by atoms with van der Waals surface area (Å²) in [5.74, 6) is 0.357. The van der Waals surface area contributed by atoms with Crippen LogP contribution in [0.1, 0.15) is 104 Å². The molecule has 574 valence electrons. The number of carbonyl (C=O) groups is 2. The first kappa shape index (κ1) is 80.9. The van der Waals surface area contributed by atoms with Crippen molar-refractivity contribution >= 4 is 78.1 Å².